The van der Waals surface area contributed by atoms with Gasteiger partial charge in [0.15, 0.2) is 0 Å². The lowest BCUT2D eigenvalue weighted by Gasteiger charge is -2.17. The van der Waals surface area contributed by atoms with Gasteiger partial charge in [0.25, 0.3) is 0 Å². The van der Waals surface area contributed by atoms with Crippen LogP contribution in [0.5, 0.6) is 0 Å². The van der Waals surface area contributed by atoms with E-state index in [1.165, 1.54) is 38.5 Å². The van der Waals surface area contributed by atoms with Crippen LogP contribution in [0.4, 0.5) is 0 Å². The third kappa shape index (κ3) is 10.8. The van der Waals surface area contributed by atoms with Crippen molar-refractivity contribution in [2.75, 3.05) is 6.61 Å². The molecular formula is C16H30O3. The highest BCUT2D eigenvalue weighted by atomic mass is 16.7. The summed E-state index contributed by atoms with van der Waals surface area (Å²) in [6.07, 6.45) is 9.09. The third-order valence-corrected chi connectivity index (χ3v) is 2.98. The Labute approximate surface area is 118 Å². The molecule has 0 saturated carbocycles. The summed E-state index contributed by atoms with van der Waals surface area (Å²) in [4.78, 5) is 11.4. The average molecular weight is 270 g/mol. The molecule has 0 saturated heterocycles. The molecule has 0 amide bonds. The maximum Gasteiger partial charge on any atom is 0.335 e. The fourth-order valence-corrected chi connectivity index (χ4v) is 1.85. The van der Waals surface area contributed by atoms with Crippen LogP contribution in [0.15, 0.2) is 12.2 Å². The lowest BCUT2D eigenvalue weighted by Crippen LogP contribution is -2.21. The lowest BCUT2D eigenvalue weighted by molar-refractivity contribution is -0.174. The molecule has 1 atom stereocenters. The van der Waals surface area contributed by atoms with Gasteiger partial charge < -0.3 is 9.47 Å². The van der Waals surface area contributed by atoms with Crippen LogP contribution in [0.25, 0.3) is 0 Å². The molecule has 0 radical (unpaired) electrons. The zero-order valence-electron chi connectivity index (χ0n) is 12.9. The van der Waals surface area contributed by atoms with E-state index in [0.717, 1.165) is 12.8 Å². The van der Waals surface area contributed by atoms with E-state index in [2.05, 4.69) is 13.5 Å². The molecule has 112 valence electrons. The van der Waals surface area contributed by atoms with Crippen molar-refractivity contribution in [2.45, 2.75) is 78.4 Å². The van der Waals surface area contributed by atoms with Gasteiger partial charge in [-0.15, -0.1) is 0 Å². The van der Waals surface area contributed by atoms with Gasteiger partial charge in [0.2, 0.25) is 6.29 Å². The fourth-order valence-electron chi connectivity index (χ4n) is 1.85. The van der Waals surface area contributed by atoms with E-state index in [0.29, 0.717) is 12.2 Å². The van der Waals surface area contributed by atoms with Crippen molar-refractivity contribution >= 4 is 5.97 Å². The van der Waals surface area contributed by atoms with Crippen LogP contribution >= 0.6 is 0 Å². The highest BCUT2D eigenvalue weighted by Gasteiger charge is 2.14. The normalized spacial score (nSPS) is 12.2. The molecule has 0 fully saturated rings. The second-order valence-corrected chi connectivity index (χ2v) is 4.98. The molecule has 0 aliphatic rings. The van der Waals surface area contributed by atoms with E-state index in [1.54, 1.807) is 6.92 Å². The Kier molecular flexibility index (Phi) is 11.7. The van der Waals surface area contributed by atoms with Gasteiger partial charge in [0.1, 0.15) is 0 Å². The molecule has 0 aromatic heterocycles. The van der Waals surface area contributed by atoms with Crippen molar-refractivity contribution in [3.8, 4) is 0 Å². The Morgan fingerprint density at radius 2 is 1.63 bits per heavy atom. The first-order valence-corrected chi connectivity index (χ1v) is 7.59. The number of rotatable bonds is 12. The van der Waals surface area contributed by atoms with Crippen LogP contribution in [-0.2, 0) is 14.3 Å². The summed E-state index contributed by atoms with van der Waals surface area (Å²) in [5.74, 6) is -0.360. The predicted octanol–water partition coefficient (Wildman–Crippen LogP) is 4.61. The smallest absolute Gasteiger partial charge is 0.335 e. The molecule has 19 heavy (non-hydrogen) atoms. The number of hydrogen-bond donors (Lipinski definition) is 0. The molecule has 0 N–H and O–H groups in total. The summed E-state index contributed by atoms with van der Waals surface area (Å²) >= 11 is 0. The van der Waals surface area contributed by atoms with Crippen LogP contribution < -0.4 is 0 Å². The highest BCUT2D eigenvalue weighted by molar-refractivity contribution is 5.86. The highest BCUT2D eigenvalue weighted by Crippen LogP contribution is 2.13. The molecule has 0 heterocycles. The van der Waals surface area contributed by atoms with E-state index in [-0.39, 0.29) is 5.97 Å². The van der Waals surface area contributed by atoms with Gasteiger partial charge in [-0.1, -0.05) is 52.0 Å². The van der Waals surface area contributed by atoms with Gasteiger partial charge in [-0.3, -0.25) is 0 Å². The van der Waals surface area contributed by atoms with Gasteiger partial charge in [-0.2, -0.15) is 0 Å². The van der Waals surface area contributed by atoms with E-state index >= 15 is 0 Å². The topological polar surface area (TPSA) is 35.5 Å². The van der Waals surface area contributed by atoms with E-state index in [4.69, 9.17) is 9.47 Å². The summed E-state index contributed by atoms with van der Waals surface area (Å²) in [5.41, 5.74) is 0.421. The van der Waals surface area contributed by atoms with Crippen molar-refractivity contribution in [3.63, 3.8) is 0 Å². The van der Waals surface area contributed by atoms with Crippen LogP contribution in [-0.4, -0.2) is 18.9 Å². The predicted molar refractivity (Wildman–Crippen MR) is 78.9 cm³/mol. The zero-order valence-corrected chi connectivity index (χ0v) is 12.9. The molecule has 3 heteroatoms. The summed E-state index contributed by atoms with van der Waals surface area (Å²) in [6, 6.07) is 0. The first-order valence-electron chi connectivity index (χ1n) is 7.59. The quantitative estimate of drug-likeness (QED) is 0.225. The lowest BCUT2D eigenvalue weighted by atomic mass is 10.1. The Morgan fingerprint density at radius 1 is 1.05 bits per heavy atom. The number of hydrogen-bond acceptors (Lipinski definition) is 3. The monoisotopic (exact) mass is 270 g/mol. The maximum atomic E-state index is 11.4. The first-order chi connectivity index (χ1) is 9.11. The second kappa shape index (κ2) is 12.2. The van der Waals surface area contributed by atoms with Crippen LogP contribution in [0.2, 0.25) is 0 Å². The summed E-state index contributed by atoms with van der Waals surface area (Å²) in [6.45, 7) is 9.92. The summed E-state index contributed by atoms with van der Waals surface area (Å²) in [7, 11) is 0. The largest absolute Gasteiger partial charge is 0.432 e. The van der Waals surface area contributed by atoms with Crippen molar-refractivity contribution < 1.29 is 14.3 Å². The van der Waals surface area contributed by atoms with Crippen LogP contribution in [0.1, 0.15) is 72.1 Å². The Bertz CT molecular complexity index is 248. The van der Waals surface area contributed by atoms with E-state index in [1.807, 2.05) is 6.92 Å². The number of carbonyl (C=O) groups is 1. The third-order valence-electron chi connectivity index (χ3n) is 2.98. The maximum absolute atomic E-state index is 11.4. The van der Waals surface area contributed by atoms with Crippen molar-refractivity contribution in [3.05, 3.63) is 12.2 Å². The standard InChI is InChI=1S/C16H30O3/c1-5-7-8-9-10-11-12-13-15(18-6-2)19-16(17)14(3)4/h15H,3,5-13H2,1-2,4H3. The Hall–Kier alpha value is -0.830. The molecule has 0 aromatic rings. The van der Waals surface area contributed by atoms with Crippen LogP contribution in [0.3, 0.4) is 0 Å². The molecule has 1 unspecified atom stereocenters. The minimum atomic E-state index is -0.412. The molecule has 0 aliphatic heterocycles. The molecule has 0 rings (SSSR count). The van der Waals surface area contributed by atoms with Crippen LogP contribution in [0, 0.1) is 0 Å². The summed E-state index contributed by atoms with van der Waals surface area (Å²) in [5, 5.41) is 0. The van der Waals surface area contributed by atoms with Gasteiger partial charge in [-0.25, -0.2) is 4.79 Å². The minimum Gasteiger partial charge on any atom is -0.432 e. The minimum absolute atomic E-state index is 0.360. The van der Waals surface area contributed by atoms with E-state index < -0.39 is 6.29 Å². The van der Waals surface area contributed by atoms with Crippen molar-refractivity contribution in [2.24, 2.45) is 0 Å². The van der Waals surface area contributed by atoms with Gasteiger partial charge in [0.05, 0.1) is 0 Å². The number of esters is 1. The Morgan fingerprint density at radius 3 is 2.16 bits per heavy atom. The fraction of sp³-hybridized carbons (Fsp3) is 0.812. The number of unbranched alkanes of at least 4 members (excludes halogenated alkanes) is 6. The molecular weight excluding hydrogens is 240 g/mol. The molecule has 0 aliphatic carbocycles. The average Bonchev–Trinajstić information content (AvgIpc) is 2.37. The van der Waals surface area contributed by atoms with Crippen molar-refractivity contribution in [1.29, 1.82) is 0 Å². The SMILES string of the molecule is C=C(C)C(=O)OC(CCCCCCCCC)OCC. The summed E-state index contributed by atoms with van der Waals surface area (Å²) < 4.78 is 10.7. The Balaban J connectivity index is 3.70. The number of ether oxygens (including phenoxy) is 2. The van der Waals surface area contributed by atoms with E-state index in [9.17, 15) is 4.79 Å². The van der Waals surface area contributed by atoms with Gasteiger partial charge in [-0.05, 0) is 20.3 Å². The molecule has 0 bridgehead atoms. The second-order valence-electron chi connectivity index (χ2n) is 4.98. The van der Waals surface area contributed by atoms with Crippen molar-refractivity contribution in [1.82, 2.24) is 0 Å². The zero-order chi connectivity index (χ0) is 14.5. The molecule has 0 aromatic carbocycles. The molecule has 0 spiro atoms. The van der Waals surface area contributed by atoms with Gasteiger partial charge >= 0.3 is 5.97 Å². The van der Waals surface area contributed by atoms with Gasteiger partial charge in [0, 0.05) is 18.6 Å². The first kappa shape index (κ1) is 18.2. The molecule has 3 nitrogen and oxygen atoms in total. The number of carbonyl (C=O) groups excluding carboxylic acids is 1.